The van der Waals surface area contributed by atoms with E-state index in [4.69, 9.17) is 16.3 Å². The molecule has 2 rings (SSSR count). The zero-order valence-corrected chi connectivity index (χ0v) is 21.1. The fraction of sp³-hybridized carbons (Fsp3) is 0.400. The molecule has 3 N–H and O–H groups in total. The molecule has 0 spiro atoms. The van der Waals surface area contributed by atoms with Gasteiger partial charge in [-0.3, -0.25) is 9.59 Å². The van der Waals surface area contributed by atoms with E-state index in [-0.39, 0.29) is 12.3 Å². The first-order valence-corrected chi connectivity index (χ1v) is 11.3. The SMILES string of the molecule is Cc1cccc(Cl)c1NC(=O)C(c1ccc(O)cc1)N(C(=O)CNC(=O)OC(C)(C)C)C(C)C. The Hall–Kier alpha value is -3.26. The number of amides is 3. The van der Waals surface area contributed by atoms with Crippen molar-refractivity contribution in [2.45, 2.75) is 59.2 Å². The summed E-state index contributed by atoms with van der Waals surface area (Å²) >= 11 is 6.30. The summed E-state index contributed by atoms with van der Waals surface area (Å²) in [5.74, 6) is -0.940. The van der Waals surface area contributed by atoms with Crippen molar-refractivity contribution < 1.29 is 24.2 Å². The summed E-state index contributed by atoms with van der Waals surface area (Å²) in [6.07, 6.45) is -0.734. The van der Waals surface area contributed by atoms with E-state index < -0.39 is 35.6 Å². The monoisotopic (exact) mass is 489 g/mol. The Morgan fingerprint density at radius 3 is 2.24 bits per heavy atom. The molecule has 1 atom stereocenters. The van der Waals surface area contributed by atoms with Crippen LogP contribution in [0, 0.1) is 6.92 Å². The zero-order valence-electron chi connectivity index (χ0n) is 20.3. The van der Waals surface area contributed by atoms with Gasteiger partial charge in [-0.15, -0.1) is 0 Å². The van der Waals surface area contributed by atoms with Crippen LogP contribution < -0.4 is 10.6 Å². The van der Waals surface area contributed by atoms with E-state index in [1.807, 2.05) is 13.0 Å². The first-order chi connectivity index (χ1) is 15.8. The largest absolute Gasteiger partial charge is 0.508 e. The van der Waals surface area contributed by atoms with Gasteiger partial charge in [0, 0.05) is 6.04 Å². The van der Waals surface area contributed by atoms with Gasteiger partial charge in [-0.25, -0.2) is 4.79 Å². The number of phenolic OH excluding ortho intramolecular Hbond substituents is 1. The predicted molar refractivity (Wildman–Crippen MR) is 132 cm³/mol. The van der Waals surface area contributed by atoms with Crippen molar-refractivity contribution in [2.24, 2.45) is 0 Å². The Balaban J connectivity index is 2.38. The number of rotatable bonds is 7. The summed E-state index contributed by atoms with van der Waals surface area (Å²) in [6.45, 7) is 10.1. The third kappa shape index (κ3) is 7.38. The fourth-order valence-corrected chi connectivity index (χ4v) is 3.63. The molecule has 9 heteroatoms. The number of hydrogen-bond donors (Lipinski definition) is 3. The Labute approximate surface area is 205 Å². The van der Waals surface area contributed by atoms with E-state index in [0.717, 1.165) is 5.56 Å². The molecule has 8 nitrogen and oxygen atoms in total. The number of carbonyl (C=O) groups is 3. The summed E-state index contributed by atoms with van der Waals surface area (Å²) in [6, 6.07) is 9.83. The number of alkyl carbamates (subject to hydrolysis) is 1. The lowest BCUT2D eigenvalue weighted by Gasteiger charge is -2.35. The maximum Gasteiger partial charge on any atom is 0.408 e. The Morgan fingerprint density at radius 2 is 1.71 bits per heavy atom. The number of hydrogen-bond acceptors (Lipinski definition) is 5. The van der Waals surface area contributed by atoms with Crippen LogP contribution in [-0.4, -0.2) is 46.1 Å². The van der Waals surface area contributed by atoms with Gasteiger partial charge in [-0.2, -0.15) is 0 Å². The predicted octanol–water partition coefficient (Wildman–Crippen LogP) is 4.80. The molecular formula is C25H32ClN3O5. The van der Waals surface area contributed by atoms with Crippen molar-refractivity contribution in [3.8, 4) is 5.75 Å². The van der Waals surface area contributed by atoms with Crippen LogP contribution >= 0.6 is 11.6 Å². The van der Waals surface area contributed by atoms with Gasteiger partial charge in [-0.05, 0) is 70.9 Å². The molecule has 2 aromatic rings. The van der Waals surface area contributed by atoms with Crippen molar-refractivity contribution in [1.29, 1.82) is 0 Å². The van der Waals surface area contributed by atoms with Gasteiger partial charge in [0.15, 0.2) is 0 Å². The highest BCUT2D eigenvalue weighted by Crippen LogP contribution is 2.30. The molecule has 0 saturated carbocycles. The lowest BCUT2D eigenvalue weighted by Crippen LogP contribution is -2.49. The quantitative estimate of drug-likeness (QED) is 0.518. The van der Waals surface area contributed by atoms with E-state index in [2.05, 4.69) is 10.6 Å². The molecule has 0 aromatic heterocycles. The third-order valence-corrected chi connectivity index (χ3v) is 5.15. The molecule has 0 fully saturated rings. The average molecular weight is 490 g/mol. The second-order valence-corrected chi connectivity index (χ2v) is 9.57. The summed E-state index contributed by atoms with van der Waals surface area (Å²) in [5, 5.41) is 15.4. The van der Waals surface area contributed by atoms with Crippen molar-refractivity contribution in [3.05, 3.63) is 58.6 Å². The van der Waals surface area contributed by atoms with Crippen LogP contribution in [0.25, 0.3) is 0 Å². The zero-order chi connectivity index (χ0) is 25.6. The number of carbonyl (C=O) groups excluding carboxylic acids is 3. The maximum atomic E-state index is 13.5. The topological polar surface area (TPSA) is 108 Å². The van der Waals surface area contributed by atoms with Gasteiger partial charge in [0.2, 0.25) is 5.91 Å². The van der Waals surface area contributed by atoms with E-state index >= 15 is 0 Å². The molecule has 34 heavy (non-hydrogen) atoms. The molecule has 184 valence electrons. The second kappa shape index (κ2) is 11.2. The minimum atomic E-state index is -1.05. The number of aromatic hydroxyl groups is 1. The number of nitrogens with one attached hydrogen (secondary N) is 2. The normalized spacial score (nSPS) is 12.1. The van der Waals surface area contributed by atoms with Crippen LogP contribution in [0.15, 0.2) is 42.5 Å². The van der Waals surface area contributed by atoms with Crippen molar-refractivity contribution in [1.82, 2.24) is 10.2 Å². The number of aryl methyl sites for hydroxylation is 1. The van der Waals surface area contributed by atoms with Gasteiger partial charge in [0.05, 0.1) is 10.7 Å². The molecular weight excluding hydrogens is 458 g/mol. The van der Waals surface area contributed by atoms with Crippen LogP contribution in [0.2, 0.25) is 5.02 Å². The van der Waals surface area contributed by atoms with Crippen LogP contribution in [-0.2, 0) is 14.3 Å². The number of benzene rings is 2. The average Bonchev–Trinajstić information content (AvgIpc) is 2.72. The van der Waals surface area contributed by atoms with E-state index in [9.17, 15) is 19.5 Å². The number of halogens is 1. The van der Waals surface area contributed by atoms with Crippen LogP contribution in [0.1, 0.15) is 51.8 Å². The summed E-state index contributed by atoms with van der Waals surface area (Å²) in [7, 11) is 0. The lowest BCUT2D eigenvalue weighted by atomic mass is 10.0. The van der Waals surface area contributed by atoms with Gasteiger partial charge in [-0.1, -0.05) is 35.9 Å². The second-order valence-electron chi connectivity index (χ2n) is 9.17. The molecule has 0 aliphatic carbocycles. The minimum Gasteiger partial charge on any atom is -0.508 e. The highest BCUT2D eigenvalue weighted by atomic mass is 35.5. The van der Waals surface area contributed by atoms with Crippen LogP contribution in [0.3, 0.4) is 0 Å². The van der Waals surface area contributed by atoms with E-state index in [0.29, 0.717) is 16.3 Å². The number of para-hydroxylation sites is 1. The highest BCUT2D eigenvalue weighted by Gasteiger charge is 2.34. The summed E-state index contributed by atoms with van der Waals surface area (Å²) < 4.78 is 5.20. The fourth-order valence-electron chi connectivity index (χ4n) is 3.36. The first-order valence-electron chi connectivity index (χ1n) is 10.9. The van der Waals surface area contributed by atoms with Crippen molar-refractivity contribution in [3.63, 3.8) is 0 Å². The minimum absolute atomic E-state index is 0.0267. The van der Waals surface area contributed by atoms with Gasteiger partial charge < -0.3 is 25.4 Å². The molecule has 3 amide bonds. The Bertz CT molecular complexity index is 1010. The lowest BCUT2D eigenvalue weighted by molar-refractivity contribution is -0.140. The number of phenols is 1. The molecule has 0 heterocycles. The molecule has 0 saturated heterocycles. The molecule has 0 aliphatic rings. The number of anilines is 1. The third-order valence-electron chi connectivity index (χ3n) is 4.83. The van der Waals surface area contributed by atoms with Gasteiger partial charge in [0.1, 0.15) is 23.9 Å². The van der Waals surface area contributed by atoms with E-state index in [1.165, 1.54) is 17.0 Å². The smallest absolute Gasteiger partial charge is 0.408 e. The Kier molecular flexibility index (Phi) is 8.93. The molecule has 1 unspecified atom stereocenters. The van der Waals surface area contributed by atoms with Crippen molar-refractivity contribution >= 4 is 35.2 Å². The van der Waals surface area contributed by atoms with Crippen LogP contribution in [0.5, 0.6) is 5.75 Å². The first kappa shape index (κ1) is 27.0. The molecule has 0 bridgehead atoms. The van der Waals surface area contributed by atoms with Gasteiger partial charge >= 0.3 is 6.09 Å². The summed E-state index contributed by atoms with van der Waals surface area (Å²) in [5.41, 5.74) is 0.978. The molecule has 0 aliphatic heterocycles. The highest BCUT2D eigenvalue weighted by molar-refractivity contribution is 6.34. The van der Waals surface area contributed by atoms with Gasteiger partial charge in [0.25, 0.3) is 5.91 Å². The number of ether oxygens (including phenoxy) is 1. The standard InChI is InChI=1S/C25H32ClN3O5/c1-15(2)29(20(31)14-27-24(33)34-25(4,5)6)22(17-10-12-18(30)13-11-17)23(32)28-21-16(3)8-7-9-19(21)26/h7-13,15,22,30H,14H2,1-6H3,(H,27,33)(H,28,32). The molecule has 2 aromatic carbocycles. The van der Waals surface area contributed by atoms with Crippen molar-refractivity contribution in [2.75, 3.05) is 11.9 Å². The maximum absolute atomic E-state index is 13.5. The van der Waals surface area contributed by atoms with E-state index in [1.54, 1.807) is 58.9 Å². The molecule has 0 radical (unpaired) electrons. The summed E-state index contributed by atoms with van der Waals surface area (Å²) in [4.78, 5) is 40.2. The Morgan fingerprint density at radius 1 is 1.09 bits per heavy atom. The van der Waals surface area contributed by atoms with Crippen LogP contribution in [0.4, 0.5) is 10.5 Å². The number of nitrogens with zero attached hydrogens (tertiary/aromatic N) is 1.